The molecule has 0 bridgehead atoms. The predicted octanol–water partition coefficient (Wildman–Crippen LogP) is 0.142. The minimum atomic E-state index is -1.21. The van der Waals surface area contributed by atoms with Gasteiger partial charge in [-0.2, -0.15) is 4.57 Å². The van der Waals surface area contributed by atoms with Gasteiger partial charge in [-0.05, 0) is 24.1 Å². The first kappa shape index (κ1) is 20.3. The summed E-state index contributed by atoms with van der Waals surface area (Å²) in [5.74, 6) is -0.0250. The summed E-state index contributed by atoms with van der Waals surface area (Å²) in [5.41, 5.74) is 2.18. The van der Waals surface area contributed by atoms with Crippen molar-refractivity contribution in [2.45, 2.75) is 44.3 Å². The minimum absolute atomic E-state index is 0.0857. The van der Waals surface area contributed by atoms with Gasteiger partial charge in [0, 0.05) is 18.9 Å². The number of Topliss-reactive ketones (excluding diaryl/α,β-unsaturated/α-hetero) is 2. The van der Waals surface area contributed by atoms with Gasteiger partial charge < -0.3 is 20.1 Å². The molecule has 7 heteroatoms. The second-order valence-electron chi connectivity index (χ2n) is 7.06. The molecule has 2 heterocycles. The van der Waals surface area contributed by atoms with Crippen molar-refractivity contribution in [3.63, 3.8) is 0 Å². The summed E-state index contributed by atoms with van der Waals surface area (Å²) < 4.78 is 7.01. The van der Waals surface area contributed by atoms with E-state index in [1.54, 1.807) is 24.5 Å². The van der Waals surface area contributed by atoms with Gasteiger partial charge in [0.15, 0.2) is 24.3 Å². The van der Waals surface area contributed by atoms with Gasteiger partial charge in [0.2, 0.25) is 0 Å². The van der Waals surface area contributed by atoms with Crippen LogP contribution < -0.4 is 4.57 Å². The van der Waals surface area contributed by atoms with E-state index in [0.717, 1.165) is 11.1 Å². The molecule has 2 aromatic rings. The minimum Gasteiger partial charge on any atom is -0.394 e. The van der Waals surface area contributed by atoms with Crippen molar-refractivity contribution in [3.05, 3.63) is 65.5 Å². The van der Waals surface area contributed by atoms with Crippen molar-refractivity contribution in [3.8, 4) is 0 Å². The third-order valence-electron chi connectivity index (χ3n) is 4.80. The number of benzene rings is 1. The third kappa shape index (κ3) is 4.51. The van der Waals surface area contributed by atoms with E-state index >= 15 is 0 Å². The first-order valence-electron chi connectivity index (χ1n) is 9.12. The second kappa shape index (κ2) is 8.70. The zero-order valence-electron chi connectivity index (χ0n) is 15.6. The van der Waals surface area contributed by atoms with Gasteiger partial charge >= 0.3 is 0 Å². The first-order chi connectivity index (χ1) is 13.4. The topological polar surface area (TPSA) is 108 Å². The average molecular weight is 386 g/mol. The molecule has 148 valence electrons. The van der Waals surface area contributed by atoms with Crippen LogP contribution in [0.5, 0.6) is 0 Å². The van der Waals surface area contributed by atoms with E-state index in [9.17, 15) is 24.9 Å². The van der Waals surface area contributed by atoms with Gasteiger partial charge in [-0.3, -0.25) is 9.59 Å². The van der Waals surface area contributed by atoms with Crippen LogP contribution in [-0.4, -0.2) is 51.8 Å². The summed E-state index contributed by atoms with van der Waals surface area (Å²) in [7, 11) is 0. The standard InChI is InChI=1S/C21H24NO6/c1-13(24)9-14-4-6-15(7-5-14)10-17(25)16-3-2-8-22(11-16)21-20(27)19(26)18(12-23)28-21/h2-8,11,18-21,23,26-27H,9-10,12H2,1H3/q+1/t18-,19-,20-,21-/m1/s1. The fourth-order valence-corrected chi connectivity index (χ4v) is 3.29. The summed E-state index contributed by atoms with van der Waals surface area (Å²) in [6.45, 7) is 1.13. The molecule has 1 aromatic carbocycles. The smallest absolute Gasteiger partial charge is 0.292 e. The van der Waals surface area contributed by atoms with Crippen LogP contribution in [0.4, 0.5) is 0 Å². The molecule has 1 aromatic heterocycles. The van der Waals surface area contributed by atoms with Gasteiger partial charge in [-0.15, -0.1) is 0 Å². The Kier molecular flexibility index (Phi) is 6.31. The van der Waals surface area contributed by atoms with Crippen molar-refractivity contribution < 1.29 is 34.2 Å². The van der Waals surface area contributed by atoms with Gasteiger partial charge in [0.25, 0.3) is 6.23 Å². The lowest BCUT2D eigenvalue weighted by atomic mass is 10.0. The molecule has 0 amide bonds. The number of hydrogen-bond acceptors (Lipinski definition) is 6. The molecule has 0 spiro atoms. The Morgan fingerprint density at radius 2 is 1.68 bits per heavy atom. The molecule has 1 saturated heterocycles. The van der Waals surface area contributed by atoms with E-state index in [4.69, 9.17) is 4.74 Å². The summed E-state index contributed by atoms with van der Waals surface area (Å²) >= 11 is 0. The second-order valence-corrected chi connectivity index (χ2v) is 7.06. The summed E-state index contributed by atoms with van der Waals surface area (Å²) in [6.07, 6.45) is -0.402. The number of carbonyl (C=O) groups excluding carboxylic acids is 2. The highest BCUT2D eigenvalue weighted by Gasteiger charge is 2.47. The van der Waals surface area contributed by atoms with E-state index in [-0.39, 0.29) is 18.0 Å². The number of aliphatic hydroxyl groups is 3. The maximum absolute atomic E-state index is 12.7. The number of hydrogen-bond donors (Lipinski definition) is 3. The van der Waals surface area contributed by atoms with Crippen LogP contribution in [0.25, 0.3) is 0 Å². The molecular weight excluding hydrogens is 362 g/mol. The number of aromatic nitrogens is 1. The lowest BCUT2D eigenvalue weighted by molar-refractivity contribution is -0.765. The number of ether oxygens (including phenoxy) is 1. The molecule has 3 N–H and O–H groups in total. The Labute approximate surface area is 162 Å². The fourth-order valence-electron chi connectivity index (χ4n) is 3.29. The van der Waals surface area contributed by atoms with Crippen LogP contribution in [0.3, 0.4) is 0 Å². The number of carbonyl (C=O) groups is 2. The van der Waals surface area contributed by atoms with Crippen molar-refractivity contribution in [2.24, 2.45) is 0 Å². The van der Waals surface area contributed by atoms with E-state index in [1.165, 1.54) is 11.5 Å². The average Bonchev–Trinajstić information content (AvgIpc) is 2.97. The van der Waals surface area contributed by atoms with Crippen molar-refractivity contribution in [2.75, 3.05) is 6.61 Å². The van der Waals surface area contributed by atoms with Gasteiger partial charge in [-0.25, -0.2) is 0 Å². The van der Waals surface area contributed by atoms with Crippen LogP contribution in [0.1, 0.15) is 34.6 Å². The third-order valence-corrected chi connectivity index (χ3v) is 4.80. The Hall–Kier alpha value is -2.45. The molecule has 0 saturated carbocycles. The highest BCUT2D eigenvalue weighted by molar-refractivity contribution is 5.97. The van der Waals surface area contributed by atoms with E-state index in [0.29, 0.717) is 12.0 Å². The zero-order chi connectivity index (χ0) is 20.3. The Morgan fingerprint density at radius 1 is 1.04 bits per heavy atom. The molecule has 1 fully saturated rings. The highest BCUT2D eigenvalue weighted by Crippen LogP contribution is 2.25. The molecule has 28 heavy (non-hydrogen) atoms. The monoisotopic (exact) mass is 386 g/mol. The van der Waals surface area contributed by atoms with E-state index in [1.807, 2.05) is 24.3 Å². The predicted molar refractivity (Wildman–Crippen MR) is 98.5 cm³/mol. The first-order valence-corrected chi connectivity index (χ1v) is 9.12. The molecule has 3 rings (SSSR count). The summed E-state index contributed by atoms with van der Waals surface area (Å²) in [5, 5.41) is 29.3. The molecule has 1 aliphatic rings. The van der Waals surface area contributed by atoms with Crippen LogP contribution in [0, 0.1) is 0 Å². The van der Waals surface area contributed by atoms with E-state index < -0.39 is 31.1 Å². The maximum atomic E-state index is 12.7. The van der Waals surface area contributed by atoms with Crippen LogP contribution in [0.15, 0.2) is 48.8 Å². The van der Waals surface area contributed by atoms with Gasteiger partial charge in [0.1, 0.15) is 18.0 Å². The van der Waals surface area contributed by atoms with Crippen LogP contribution in [0.2, 0.25) is 0 Å². The summed E-state index contributed by atoms with van der Waals surface area (Å²) in [6, 6.07) is 10.7. The molecule has 1 aliphatic heterocycles. The normalized spacial score (nSPS) is 24.3. The number of pyridine rings is 1. The van der Waals surface area contributed by atoms with Crippen LogP contribution >= 0.6 is 0 Å². The van der Waals surface area contributed by atoms with Crippen molar-refractivity contribution in [1.82, 2.24) is 0 Å². The molecule has 0 unspecified atom stereocenters. The zero-order valence-corrected chi connectivity index (χ0v) is 15.6. The van der Waals surface area contributed by atoms with Crippen molar-refractivity contribution >= 4 is 11.6 Å². The number of aliphatic hydroxyl groups excluding tert-OH is 3. The number of ketones is 2. The molecule has 0 radical (unpaired) electrons. The SMILES string of the molecule is CC(=O)Cc1ccc(CC(=O)c2ccc[n+]([C@@H]3O[C@H](CO)[C@@H](O)[C@H]3O)c2)cc1. The molecular formula is C21H24NO6+. The van der Waals surface area contributed by atoms with Crippen LogP contribution in [-0.2, 0) is 22.4 Å². The molecule has 4 atom stereocenters. The summed E-state index contributed by atoms with van der Waals surface area (Å²) in [4.78, 5) is 23.8. The lowest BCUT2D eigenvalue weighted by Gasteiger charge is -2.10. The maximum Gasteiger partial charge on any atom is 0.292 e. The van der Waals surface area contributed by atoms with E-state index in [2.05, 4.69) is 0 Å². The Balaban J connectivity index is 1.71. The quantitative estimate of drug-likeness (QED) is 0.462. The Bertz CT molecular complexity index is 850. The lowest BCUT2D eigenvalue weighted by Crippen LogP contribution is -2.46. The highest BCUT2D eigenvalue weighted by atomic mass is 16.6. The molecule has 7 nitrogen and oxygen atoms in total. The fraction of sp³-hybridized carbons (Fsp3) is 0.381. The number of nitrogens with zero attached hydrogens (tertiary/aromatic N) is 1. The Morgan fingerprint density at radius 3 is 2.25 bits per heavy atom. The van der Waals surface area contributed by atoms with Crippen molar-refractivity contribution in [1.29, 1.82) is 0 Å². The largest absolute Gasteiger partial charge is 0.394 e. The molecule has 0 aliphatic carbocycles. The van der Waals surface area contributed by atoms with Gasteiger partial charge in [0.05, 0.1) is 12.2 Å². The number of rotatable bonds is 7. The van der Waals surface area contributed by atoms with Gasteiger partial charge in [-0.1, -0.05) is 24.3 Å².